The first-order chi connectivity index (χ1) is 11.2. The summed E-state index contributed by atoms with van der Waals surface area (Å²) in [6.45, 7) is 2.05. The average Bonchev–Trinajstić information content (AvgIpc) is 2.48. The maximum atomic E-state index is 11.9. The maximum Gasteiger partial charge on any atom is 0.228 e. The van der Waals surface area contributed by atoms with E-state index >= 15 is 0 Å². The van der Waals surface area contributed by atoms with Crippen LogP contribution in [0.2, 0.25) is 5.02 Å². The van der Waals surface area contributed by atoms with Gasteiger partial charge in [0.15, 0.2) is 5.11 Å². The summed E-state index contributed by atoms with van der Waals surface area (Å²) in [5, 5.41) is 8.85. The molecule has 0 aliphatic carbocycles. The van der Waals surface area contributed by atoms with E-state index in [1.54, 1.807) is 12.1 Å². The normalized spacial score (nSPS) is 12.4. The molecule has 0 saturated heterocycles. The minimum Gasteiger partial charge on any atom is -0.339 e. The predicted molar refractivity (Wildman–Crippen MR) is 105 cm³/mol. The molecule has 3 N–H and O–H groups in total. The van der Waals surface area contributed by atoms with Crippen molar-refractivity contribution in [2.45, 2.75) is 42.6 Å². The maximum absolute atomic E-state index is 11.9. The highest BCUT2D eigenvalue weighted by molar-refractivity contribution is 7.80. The quantitative estimate of drug-likeness (QED) is 0.258. The number of unbranched alkanes of at least 4 members (excludes halogenated alkanes) is 2. The van der Waals surface area contributed by atoms with Crippen LogP contribution in [0.25, 0.3) is 0 Å². The second-order valence-corrected chi connectivity index (χ2v) is 8.17. The number of carbonyl (C=O) groups excluding carboxylic acids is 1. The summed E-state index contributed by atoms with van der Waals surface area (Å²) in [6.07, 6.45) is 3.58. The molecule has 0 fully saturated rings. The molecule has 0 spiro atoms. The lowest BCUT2D eigenvalue weighted by Gasteiger charge is -2.27. The molecule has 1 atom stereocenters. The van der Waals surface area contributed by atoms with Gasteiger partial charge in [-0.25, -0.2) is 4.98 Å². The third kappa shape index (κ3) is 8.53. The number of halogens is 4. The summed E-state index contributed by atoms with van der Waals surface area (Å²) in [5.41, 5.74) is 0. The van der Waals surface area contributed by atoms with Gasteiger partial charge in [0, 0.05) is 12.6 Å². The molecule has 1 heterocycles. The zero-order valence-corrected chi connectivity index (χ0v) is 16.8. The van der Waals surface area contributed by atoms with E-state index in [9.17, 15) is 4.79 Å². The molecule has 134 valence electrons. The molecule has 0 radical (unpaired) electrons. The van der Waals surface area contributed by atoms with Gasteiger partial charge in [-0.1, -0.05) is 66.2 Å². The first kappa shape index (κ1) is 21.5. The van der Waals surface area contributed by atoms with Gasteiger partial charge in [0.25, 0.3) is 0 Å². The molecule has 5 nitrogen and oxygen atoms in total. The predicted octanol–water partition coefficient (Wildman–Crippen LogP) is 4.41. The molecule has 24 heavy (non-hydrogen) atoms. The lowest BCUT2D eigenvalue weighted by Crippen LogP contribution is -2.56. The van der Waals surface area contributed by atoms with Crippen LogP contribution < -0.4 is 16.0 Å². The lowest BCUT2D eigenvalue weighted by atomic mass is 10.2. The highest BCUT2D eigenvalue weighted by Gasteiger charge is 2.34. The van der Waals surface area contributed by atoms with Gasteiger partial charge in [0.2, 0.25) is 9.70 Å². The molecule has 1 aromatic heterocycles. The highest BCUT2D eigenvalue weighted by atomic mass is 35.6. The molecule has 10 heteroatoms. The number of nitrogens with zero attached hydrogens (tertiary/aromatic N) is 1. The molecule has 1 unspecified atom stereocenters. The fraction of sp³-hybridized carbons (Fsp3) is 0.500. The van der Waals surface area contributed by atoms with Crippen LogP contribution in [0.3, 0.4) is 0 Å². The van der Waals surface area contributed by atoms with Crippen LogP contribution in [0.15, 0.2) is 18.3 Å². The van der Waals surface area contributed by atoms with Crippen LogP contribution in [-0.4, -0.2) is 26.0 Å². The van der Waals surface area contributed by atoms with Gasteiger partial charge in [-0.2, -0.15) is 0 Å². The number of rotatable bonds is 7. The van der Waals surface area contributed by atoms with Crippen molar-refractivity contribution in [3.8, 4) is 0 Å². The van der Waals surface area contributed by atoms with Crippen LogP contribution in [0.5, 0.6) is 0 Å². The standard InChI is InChI=1S/C14H18Cl4N4OS/c1-2-3-4-5-11(23)21-12(14(16,17)18)22-13(24)20-10-7-6-9(15)8-19-10/h6-8,12H,2-5H2,1H3,(H,21,23)(H2,19,20,22,24). The number of alkyl halides is 3. The van der Waals surface area contributed by atoms with Crippen molar-refractivity contribution < 1.29 is 4.79 Å². The first-order valence-corrected chi connectivity index (χ1v) is 9.19. The number of nitrogens with one attached hydrogen (secondary N) is 3. The zero-order chi connectivity index (χ0) is 18.2. The largest absolute Gasteiger partial charge is 0.339 e. The summed E-state index contributed by atoms with van der Waals surface area (Å²) in [4.78, 5) is 16.0. The smallest absolute Gasteiger partial charge is 0.228 e. The van der Waals surface area contributed by atoms with Crippen LogP contribution in [0.1, 0.15) is 32.6 Å². The van der Waals surface area contributed by atoms with E-state index in [0.717, 1.165) is 19.3 Å². The fourth-order valence-corrected chi connectivity index (χ4v) is 2.36. The van der Waals surface area contributed by atoms with Crippen molar-refractivity contribution in [2.75, 3.05) is 5.32 Å². The first-order valence-electron chi connectivity index (χ1n) is 7.27. The van der Waals surface area contributed by atoms with E-state index in [0.29, 0.717) is 17.3 Å². The van der Waals surface area contributed by atoms with Crippen molar-refractivity contribution in [3.63, 3.8) is 0 Å². The topological polar surface area (TPSA) is 66.1 Å². The van der Waals surface area contributed by atoms with Crippen molar-refractivity contribution >= 4 is 75.5 Å². The number of aromatic nitrogens is 1. The molecule has 0 aromatic carbocycles. The summed E-state index contributed by atoms with van der Waals surface area (Å²) in [5.74, 6) is 0.244. The summed E-state index contributed by atoms with van der Waals surface area (Å²) in [7, 11) is 0. The van der Waals surface area contributed by atoms with Crippen LogP contribution >= 0.6 is 58.6 Å². The molecular formula is C14H18Cl4N4OS. The number of anilines is 1. The lowest BCUT2D eigenvalue weighted by molar-refractivity contribution is -0.122. The van der Waals surface area contributed by atoms with E-state index in [2.05, 4.69) is 27.9 Å². The van der Waals surface area contributed by atoms with Crippen molar-refractivity contribution in [3.05, 3.63) is 23.4 Å². The second kappa shape index (κ2) is 10.5. The van der Waals surface area contributed by atoms with Gasteiger partial charge in [0.1, 0.15) is 12.0 Å². The Hall–Kier alpha value is -0.530. The van der Waals surface area contributed by atoms with Crippen molar-refractivity contribution in [2.24, 2.45) is 0 Å². The fourth-order valence-electron chi connectivity index (χ4n) is 1.70. The Balaban J connectivity index is 2.60. The van der Waals surface area contributed by atoms with Gasteiger partial charge in [-0.15, -0.1) is 0 Å². The van der Waals surface area contributed by atoms with Crippen LogP contribution in [0, 0.1) is 0 Å². The van der Waals surface area contributed by atoms with Gasteiger partial charge in [0.05, 0.1) is 5.02 Å². The minimum absolute atomic E-state index is 0.148. The van der Waals surface area contributed by atoms with E-state index in [-0.39, 0.29) is 11.0 Å². The van der Waals surface area contributed by atoms with E-state index in [4.69, 9.17) is 58.6 Å². The third-order valence-corrected chi connectivity index (χ3v) is 3.98. The van der Waals surface area contributed by atoms with Gasteiger partial charge in [-0.05, 0) is 30.8 Å². The number of hydrogen-bond acceptors (Lipinski definition) is 3. The Kier molecular flexibility index (Phi) is 9.37. The monoisotopic (exact) mass is 430 g/mol. The molecular weight excluding hydrogens is 414 g/mol. The molecule has 0 aliphatic rings. The number of amides is 1. The van der Waals surface area contributed by atoms with Crippen LogP contribution in [0.4, 0.5) is 5.82 Å². The van der Waals surface area contributed by atoms with Crippen molar-refractivity contribution in [1.82, 2.24) is 15.6 Å². The Bertz CT molecular complexity index is 551. The Morgan fingerprint density at radius 2 is 2.00 bits per heavy atom. The van der Waals surface area contributed by atoms with E-state index in [1.807, 2.05) is 0 Å². The molecule has 1 aromatic rings. The van der Waals surface area contributed by atoms with Gasteiger partial charge < -0.3 is 16.0 Å². The second-order valence-electron chi connectivity index (χ2n) is 4.96. The zero-order valence-electron chi connectivity index (χ0n) is 12.9. The summed E-state index contributed by atoms with van der Waals surface area (Å²) in [6, 6.07) is 3.30. The summed E-state index contributed by atoms with van der Waals surface area (Å²) < 4.78 is -1.78. The molecule has 1 rings (SSSR count). The van der Waals surface area contributed by atoms with Crippen LogP contribution in [-0.2, 0) is 4.79 Å². The Labute approximate surface area is 166 Å². The molecule has 0 aliphatic heterocycles. The molecule has 1 amide bonds. The molecule has 0 bridgehead atoms. The summed E-state index contributed by atoms with van der Waals surface area (Å²) >= 11 is 28.6. The highest BCUT2D eigenvalue weighted by Crippen LogP contribution is 2.29. The Morgan fingerprint density at radius 1 is 1.29 bits per heavy atom. The number of hydrogen-bond donors (Lipinski definition) is 3. The van der Waals surface area contributed by atoms with E-state index < -0.39 is 9.96 Å². The SMILES string of the molecule is CCCCCC(=O)NC(NC(=S)Nc1ccc(Cl)cn1)C(Cl)(Cl)Cl. The van der Waals surface area contributed by atoms with Crippen molar-refractivity contribution in [1.29, 1.82) is 0 Å². The van der Waals surface area contributed by atoms with Gasteiger partial charge in [-0.3, -0.25) is 4.79 Å². The Morgan fingerprint density at radius 3 is 2.54 bits per heavy atom. The number of thiocarbonyl (C=S) groups is 1. The minimum atomic E-state index is -1.78. The number of pyridine rings is 1. The average molecular weight is 432 g/mol. The van der Waals surface area contributed by atoms with Gasteiger partial charge >= 0.3 is 0 Å². The molecule has 0 saturated carbocycles. The van der Waals surface area contributed by atoms with E-state index in [1.165, 1.54) is 6.20 Å². The third-order valence-electron chi connectivity index (χ3n) is 2.88. The number of carbonyl (C=O) groups is 1.